The van der Waals surface area contributed by atoms with Crippen molar-refractivity contribution in [3.05, 3.63) is 50.8 Å². The van der Waals surface area contributed by atoms with Crippen molar-refractivity contribution in [1.82, 2.24) is 9.55 Å². The maximum absolute atomic E-state index is 12.8. The van der Waals surface area contributed by atoms with Gasteiger partial charge in [0.05, 0.1) is 23.7 Å². The second-order valence-electron chi connectivity index (χ2n) is 5.04. The van der Waals surface area contributed by atoms with Crippen LogP contribution >= 0.6 is 27.3 Å². The van der Waals surface area contributed by atoms with E-state index in [9.17, 15) is 14.7 Å². The highest BCUT2D eigenvalue weighted by Crippen LogP contribution is 2.31. The summed E-state index contributed by atoms with van der Waals surface area (Å²) in [5.41, 5.74) is 1.29. The highest BCUT2D eigenvalue weighted by Gasteiger charge is 2.17. The summed E-state index contributed by atoms with van der Waals surface area (Å²) >= 11 is 4.75. The zero-order chi connectivity index (χ0) is 16.6. The Hall–Kier alpha value is -1.99. The molecule has 0 N–H and O–H groups in total. The number of halogens is 1. The number of hydrogen-bond donors (Lipinski definition) is 0. The molecule has 0 amide bonds. The SMILES string of the molecule is CC[C@H](C(=O)[O-])n1cnc2scc(-c3ccc(Br)cc3)c2c1=O. The van der Waals surface area contributed by atoms with E-state index in [1.54, 1.807) is 6.92 Å². The van der Waals surface area contributed by atoms with Crippen molar-refractivity contribution in [3.8, 4) is 11.1 Å². The quantitative estimate of drug-likeness (QED) is 0.684. The van der Waals surface area contributed by atoms with Gasteiger partial charge < -0.3 is 9.90 Å². The first kappa shape index (κ1) is 15.9. The normalized spacial score (nSPS) is 12.4. The predicted octanol–water partition coefficient (Wildman–Crippen LogP) is 2.59. The Morgan fingerprint density at radius 3 is 2.70 bits per heavy atom. The summed E-state index contributed by atoms with van der Waals surface area (Å²) < 4.78 is 2.09. The van der Waals surface area contributed by atoms with Crippen LogP contribution in [0.4, 0.5) is 0 Å². The largest absolute Gasteiger partial charge is 0.548 e. The Bertz CT molecular complexity index is 931. The molecule has 1 aromatic carbocycles. The molecule has 118 valence electrons. The summed E-state index contributed by atoms with van der Waals surface area (Å²) in [6, 6.07) is 6.57. The fourth-order valence-corrected chi connectivity index (χ4v) is 3.66. The third-order valence-corrected chi connectivity index (χ3v) is 5.08. The van der Waals surface area contributed by atoms with Crippen molar-refractivity contribution in [2.45, 2.75) is 19.4 Å². The molecule has 0 spiro atoms. The number of carboxylic acid groups (broad SMARTS) is 1. The number of thiophene rings is 1. The summed E-state index contributed by atoms with van der Waals surface area (Å²) in [6.45, 7) is 1.69. The summed E-state index contributed by atoms with van der Waals surface area (Å²) in [5, 5.41) is 13.6. The van der Waals surface area contributed by atoms with Crippen LogP contribution in [-0.4, -0.2) is 15.5 Å². The first-order valence-corrected chi connectivity index (χ1v) is 8.65. The van der Waals surface area contributed by atoms with Crippen LogP contribution in [0.2, 0.25) is 0 Å². The minimum Gasteiger partial charge on any atom is -0.548 e. The molecule has 0 bridgehead atoms. The van der Waals surface area contributed by atoms with Crippen molar-refractivity contribution in [1.29, 1.82) is 0 Å². The van der Waals surface area contributed by atoms with Gasteiger partial charge in [0.1, 0.15) is 4.83 Å². The molecule has 0 aliphatic carbocycles. The van der Waals surface area contributed by atoms with Crippen LogP contribution in [0.25, 0.3) is 21.3 Å². The Morgan fingerprint density at radius 2 is 2.09 bits per heavy atom. The molecule has 5 nitrogen and oxygen atoms in total. The van der Waals surface area contributed by atoms with Gasteiger partial charge in [-0.05, 0) is 24.1 Å². The fourth-order valence-electron chi connectivity index (χ4n) is 2.49. The zero-order valence-corrected chi connectivity index (χ0v) is 14.6. The molecule has 23 heavy (non-hydrogen) atoms. The standard InChI is InChI=1S/C16H13BrN2O3S/c1-2-12(16(21)22)19-8-18-14-13(15(19)20)11(7-23-14)9-3-5-10(17)6-4-9/h3-8,12H,2H2,1H3,(H,21,22)/p-1/t12-/m1/s1. The molecule has 0 saturated carbocycles. The van der Waals surface area contributed by atoms with Gasteiger partial charge >= 0.3 is 0 Å². The van der Waals surface area contributed by atoms with E-state index >= 15 is 0 Å². The summed E-state index contributed by atoms with van der Waals surface area (Å²) in [4.78, 5) is 28.9. The molecular weight excluding hydrogens is 380 g/mol. The molecule has 0 unspecified atom stereocenters. The van der Waals surface area contributed by atoms with E-state index in [4.69, 9.17) is 0 Å². The number of benzene rings is 1. The number of fused-ring (bicyclic) bond motifs is 1. The van der Waals surface area contributed by atoms with Crippen LogP contribution in [-0.2, 0) is 4.79 Å². The lowest BCUT2D eigenvalue weighted by atomic mass is 10.1. The van der Waals surface area contributed by atoms with Crippen LogP contribution in [0.1, 0.15) is 19.4 Å². The highest BCUT2D eigenvalue weighted by atomic mass is 79.9. The highest BCUT2D eigenvalue weighted by molar-refractivity contribution is 9.10. The number of carbonyl (C=O) groups is 1. The molecule has 3 aromatic rings. The Balaban J connectivity index is 2.24. The molecule has 2 heterocycles. The Labute approximate surface area is 144 Å². The third kappa shape index (κ3) is 2.82. The molecule has 3 rings (SSSR count). The van der Waals surface area contributed by atoms with Gasteiger partial charge in [0.25, 0.3) is 5.56 Å². The predicted molar refractivity (Wildman–Crippen MR) is 91.4 cm³/mol. The molecule has 0 saturated heterocycles. The van der Waals surface area contributed by atoms with E-state index in [-0.39, 0.29) is 12.0 Å². The van der Waals surface area contributed by atoms with Gasteiger partial charge in [-0.1, -0.05) is 35.0 Å². The molecule has 1 atom stereocenters. The van der Waals surface area contributed by atoms with Gasteiger partial charge in [-0.15, -0.1) is 11.3 Å². The minimum atomic E-state index is -1.28. The van der Waals surface area contributed by atoms with E-state index in [0.29, 0.717) is 10.2 Å². The van der Waals surface area contributed by atoms with Gasteiger partial charge in [0, 0.05) is 15.4 Å². The van der Waals surface area contributed by atoms with Crippen molar-refractivity contribution < 1.29 is 9.90 Å². The number of carbonyl (C=O) groups excluding carboxylic acids is 1. The number of carboxylic acids is 1. The van der Waals surface area contributed by atoms with Crippen LogP contribution in [0.15, 0.2) is 45.2 Å². The van der Waals surface area contributed by atoms with Gasteiger partial charge in [0.15, 0.2) is 0 Å². The van der Waals surface area contributed by atoms with Crippen molar-refractivity contribution in [2.75, 3.05) is 0 Å². The topological polar surface area (TPSA) is 75.0 Å². The first-order valence-electron chi connectivity index (χ1n) is 6.98. The maximum Gasteiger partial charge on any atom is 0.263 e. The molecule has 0 radical (unpaired) electrons. The van der Waals surface area contributed by atoms with E-state index < -0.39 is 12.0 Å². The number of aromatic nitrogens is 2. The molecule has 7 heteroatoms. The summed E-state index contributed by atoms with van der Waals surface area (Å²) in [7, 11) is 0. The molecule has 0 aliphatic rings. The van der Waals surface area contributed by atoms with Gasteiger partial charge in [-0.3, -0.25) is 9.36 Å². The van der Waals surface area contributed by atoms with E-state index in [2.05, 4.69) is 20.9 Å². The summed E-state index contributed by atoms with van der Waals surface area (Å²) in [5.74, 6) is -1.28. The first-order chi connectivity index (χ1) is 11.0. The number of nitrogens with zero attached hydrogens (tertiary/aromatic N) is 2. The minimum absolute atomic E-state index is 0.257. The Morgan fingerprint density at radius 1 is 1.39 bits per heavy atom. The monoisotopic (exact) mass is 391 g/mol. The van der Waals surface area contributed by atoms with Crippen molar-refractivity contribution >= 4 is 43.5 Å². The van der Waals surface area contributed by atoms with Crippen LogP contribution in [0.5, 0.6) is 0 Å². The lowest BCUT2D eigenvalue weighted by Gasteiger charge is -2.18. The molecular formula is C16H12BrN2O3S-. The average molecular weight is 392 g/mol. The second-order valence-corrected chi connectivity index (χ2v) is 6.81. The van der Waals surface area contributed by atoms with Gasteiger partial charge in [0.2, 0.25) is 0 Å². The van der Waals surface area contributed by atoms with Crippen LogP contribution in [0, 0.1) is 0 Å². The molecule has 2 aromatic heterocycles. The number of rotatable bonds is 4. The van der Waals surface area contributed by atoms with Gasteiger partial charge in [-0.25, -0.2) is 4.98 Å². The summed E-state index contributed by atoms with van der Waals surface area (Å²) in [6.07, 6.45) is 1.55. The third-order valence-electron chi connectivity index (χ3n) is 3.67. The Kier molecular flexibility index (Phi) is 4.32. The van der Waals surface area contributed by atoms with Gasteiger partial charge in [-0.2, -0.15) is 0 Å². The van der Waals surface area contributed by atoms with Crippen LogP contribution < -0.4 is 10.7 Å². The van der Waals surface area contributed by atoms with Crippen molar-refractivity contribution in [3.63, 3.8) is 0 Å². The van der Waals surface area contributed by atoms with E-state index in [0.717, 1.165) is 20.2 Å². The number of aliphatic carboxylic acids is 1. The molecule has 0 fully saturated rings. The fraction of sp³-hybridized carbons (Fsp3) is 0.188. The molecule has 0 aliphatic heterocycles. The van der Waals surface area contributed by atoms with Crippen molar-refractivity contribution in [2.24, 2.45) is 0 Å². The van der Waals surface area contributed by atoms with Crippen LogP contribution in [0.3, 0.4) is 0 Å². The zero-order valence-electron chi connectivity index (χ0n) is 12.2. The maximum atomic E-state index is 12.8. The average Bonchev–Trinajstić information content (AvgIpc) is 2.95. The van der Waals surface area contributed by atoms with E-state index in [1.165, 1.54) is 17.7 Å². The lowest BCUT2D eigenvalue weighted by Crippen LogP contribution is -2.37. The number of hydrogen-bond acceptors (Lipinski definition) is 5. The smallest absolute Gasteiger partial charge is 0.263 e. The van der Waals surface area contributed by atoms with E-state index in [1.807, 2.05) is 29.6 Å². The second kappa shape index (κ2) is 6.25. The lowest BCUT2D eigenvalue weighted by molar-refractivity contribution is -0.310.